The van der Waals surface area contributed by atoms with E-state index < -0.39 is 5.97 Å². The molecule has 9 heteroatoms. The second-order valence-electron chi connectivity index (χ2n) is 7.86. The molecule has 0 saturated carbocycles. The summed E-state index contributed by atoms with van der Waals surface area (Å²) < 4.78 is 5.21. The lowest BCUT2D eigenvalue weighted by Crippen LogP contribution is -2.33. The number of nitrogens with zero attached hydrogens (tertiary/aromatic N) is 2. The van der Waals surface area contributed by atoms with Gasteiger partial charge >= 0.3 is 5.97 Å². The number of rotatable bonds is 11. The number of ether oxygens (including phenoxy) is 1. The van der Waals surface area contributed by atoms with Gasteiger partial charge in [-0.3, -0.25) is 14.5 Å². The van der Waals surface area contributed by atoms with Crippen molar-refractivity contribution >= 4 is 57.8 Å². The third kappa shape index (κ3) is 7.24. The van der Waals surface area contributed by atoms with Crippen LogP contribution in [0.1, 0.15) is 41.6 Å². The van der Waals surface area contributed by atoms with Gasteiger partial charge in [0.1, 0.15) is 4.32 Å². The number of para-hydroxylation sites is 1. The van der Waals surface area contributed by atoms with Crippen molar-refractivity contribution in [2.45, 2.75) is 25.7 Å². The van der Waals surface area contributed by atoms with Gasteiger partial charge in [-0.05, 0) is 48.7 Å². The summed E-state index contributed by atoms with van der Waals surface area (Å²) in [6, 6.07) is 16.1. The van der Waals surface area contributed by atoms with Crippen molar-refractivity contribution in [3.8, 4) is 0 Å². The number of aliphatic hydroxyl groups is 1. The quantitative estimate of drug-likeness (QED) is 0.208. The Morgan fingerprint density at radius 2 is 1.80 bits per heavy atom. The Bertz CT molecular complexity index is 1090. The number of anilines is 1. The maximum absolute atomic E-state index is 12.8. The summed E-state index contributed by atoms with van der Waals surface area (Å²) >= 11 is 6.66. The highest BCUT2D eigenvalue weighted by Gasteiger charge is 2.31. The van der Waals surface area contributed by atoms with E-state index in [1.807, 2.05) is 30.3 Å². The first-order valence-corrected chi connectivity index (χ1v) is 12.6. The van der Waals surface area contributed by atoms with Crippen molar-refractivity contribution in [3.05, 3.63) is 70.6 Å². The number of amides is 2. The highest BCUT2D eigenvalue weighted by atomic mass is 32.2. The molecular formula is C26H28N2O5S2. The number of benzene rings is 2. The number of unbranched alkanes of at least 4 members (excludes halogenated alkanes) is 2. The maximum atomic E-state index is 12.8. The van der Waals surface area contributed by atoms with Crippen LogP contribution in [-0.2, 0) is 14.3 Å². The van der Waals surface area contributed by atoms with E-state index in [9.17, 15) is 19.5 Å². The van der Waals surface area contributed by atoms with Crippen molar-refractivity contribution in [2.75, 3.05) is 31.7 Å². The van der Waals surface area contributed by atoms with E-state index in [1.165, 1.54) is 18.9 Å². The van der Waals surface area contributed by atoms with E-state index in [0.717, 1.165) is 24.1 Å². The summed E-state index contributed by atoms with van der Waals surface area (Å²) in [6.07, 6.45) is 4.32. The highest BCUT2D eigenvalue weighted by Crippen LogP contribution is 2.33. The van der Waals surface area contributed by atoms with Crippen LogP contribution in [0.4, 0.5) is 5.69 Å². The minimum absolute atomic E-state index is 0.0305. The van der Waals surface area contributed by atoms with Crippen LogP contribution >= 0.6 is 24.0 Å². The first-order valence-electron chi connectivity index (χ1n) is 11.3. The second-order valence-corrected chi connectivity index (χ2v) is 9.54. The molecule has 1 aliphatic rings. The molecular weight excluding hydrogens is 484 g/mol. The lowest BCUT2D eigenvalue weighted by molar-refractivity contribution is -0.122. The minimum atomic E-state index is -0.411. The van der Waals surface area contributed by atoms with Gasteiger partial charge in [0.15, 0.2) is 0 Å². The number of methoxy groups -OCH3 is 1. The fraction of sp³-hybridized carbons (Fsp3) is 0.308. The summed E-state index contributed by atoms with van der Waals surface area (Å²) in [6.45, 7) is 0.658. The predicted molar refractivity (Wildman–Crippen MR) is 142 cm³/mol. The fourth-order valence-electron chi connectivity index (χ4n) is 3.64. The molecule has 1 heterocycles. The number of aliphatic hydroxyl groups excluding tert-OH is 1. The standard InChI is InChI=1S/C26H28N2O5S2/c1-33-25(32)20-13-11-19(12-14-20)18-22-24(31)28(26(34)35-22)15-7-3-6-10-23(30)27(16-17-29)21-8-4-2-5-9-21/h2,4-5,8-9,11-14,18,29H,3,6-7,10,15-17H2,1H3. The average molecular weight is 513 g/mol. The lowest BCUT2D eigenvalue weighted by atomic mass is 10.1. The normalized spacial score (nSPS) is 14.5. The number of carbonyl (C=O) groups is 3. The SMILES string of the molecule is COC(=O)c1ccc(C=C2SC(=S)N(CCCCCC(=O)N(CCO)c3ccccc3)C2=O)cc1. The Hall–Kier alpha value is -3.01. The molecule has 184 valence electrons. The molecule has 1 N–H and O–H groups in total. The number of esters is 1. The molecule has 0 unspecified atom stereocenters. The van der Waals surface area contributed by atoms with Gasteiger partial charge in [0.2, 0.25) is 5.91 Å². The molecule has 1 fully saturated rings. The van der Waals surface area contributed by atoms with Gasteiger partial charge < -0.3 is 14.7 Å². The minimum Gasteiger partial charge on any atom is -0.465 e. The van der Waals surface area contributed by atoms with Crippen LogP contribution < -0.4 is 4.90 Å². The van der Waals surface area contributed by atoms with Gasteiger partial charge in [-0.15, -0.1) is 0 Å². The highest BCUT2D eigenvalue weighted by molar-refractivity contribution is 8.26. The average Bonchev–Trinajstić information content (AvgIpc) is 3.14. The predicted octanol–water partition coefficient (Wildman–Crippen LogP) is 4.26. The van der Waals surface area contributed by atoms with Crippen molar-refractivity contribution in [3.63, 3.8) is 0 Å². The molecule has 3 rings (SSSR count). The molecule has 7 nitrogen and oxygen atoms in total. The zero-order chi connectivity index (χ0) is 25.2. The van der Waals surface area contributed by atoms with Crippen molar-refractivity contribution in [1.29, 1.82) is 0 Å². The molecule has 0 aliphatic carbocycles. The fourth-order valence-corrected chi connectivity index (χ4v) is 4.95. The Labute approximate surface area is 214 Å². The van der Waals surface area contributed by atoms with E-state index in [2.05, 4.69) is 0 Å². The molecule has 0 spiro atoms. The molecule has 0 aromatic heterocycles. The van der Waals surface area contributed by atoms with Crippen LogP contribution in [0.5, 0.6) is 0 Å². The van der Waals surface area contributed by atoms with E-state index in [0.29, 0.717) is 34.2 Å². The second kappa shape index (κ2) is 13.2. The monoisotopic (exact) mass is 512 g/mol. The van der Waals surface area contributed by atoms with Gasteiger partial charge in [0.05, 0.1) is 24.2 Å². The first kappa shape index (κ1) is 26.6. The number of thioether (sulfide) groups is 1. The van der Waals surface area contributed by atoms with Crippen molar-refractivity contribution in [2.24, 2.45) is 0 Å². The first-order chi connectivity index (χ1) is 16.9. The molecule has 1 aliphatic heterocycles. The van der Waals surface area contributed by atoms with Crippen LogP contribution in [0.3, 0.4) is 0 Å². The number of hydrogen-bond acceptors (Lipinski definition) is 7. The van der Waals surface area contributed by atoms with Gasteiger partial charge in [0, 0.05) is 25.2 Å². The van der Waals surface area contributed by atoms with E-state index in [-0.39, 0.29) is 25.0 Å². The smallest absolute Gasteiger partial charge is 0.337 e. The number of carbonyl (C=O) groups excluding carboxylic acids is 3. The number of hydrogen-bond donors (Lipinski definition) is 1. The third-order valence-corrected chi connectivity index (χ3v) is 6.85. The Morgan fingerprint density at radius 3 is 2.46 bits per heavy atom. The van der Waals surface area contributed by atoms with E-state index >= 15 is 0 Å². The summed E-state index contributed by atoms with van der Waals surface area (Å²) in [4.78, 5) is 40.8. The van der Waals surface area contributed by atoms with Gasteiger partial charge in [-0.25, -0.2) is 4.79 Å². The van der Waals surface area contributed by atoms with Gasteiger partial charge in [-0.1, -0.05) is 60.7 Å². The van der Waals surface area contributed by atoms with Crippen molar-refractivity contribution in [1.82, 2.24) is 4.90 Å². The summed E-state index contributed by atoms with van der Waals surface area (Å²) in [5, 5.41) is 9.32. The molecule has 2 aromatic rings. The lowest BCUT2D eigenvalue weighted by Gasteiger charge is -2.22. The number of thiocarbonyl (C=S) groups is 1. The molecule has 2 amide bonds. The Morgan fingerprint density at radius 1 is 1.09 bits per heavy atom. The van der Waals surface area contributed by atoms with E-state index in [4.69, 9.17) is 17.0 Å². The summed E-state index contributed by atoms with van der Waals surface area (Å²) in [5.41, 5.74) is 2.01. The molecule has 1 saturated heterocycles. The van der Waals surface area contributed by atoms with Crippen LogP contribution in [0.25, 0.3) is 6.08 Å². The maximum Gasteiger partial charge on any atom is 0.337 e. The zero-order valence-electron chi connectivity index (χ0n) is 19.5. The summed E-state index contributed by atoms with van der Waals surface area (Å²) in [5.74, 6) is -0.575. The topological polar surface area (TPSA) is 87.2 Å². The largest absolute Gasteiger partial charge is 0.465 e. The molecule has 2 aromatic carbocycles. The molecule has 0 atom stereocenters. The van der Waals surface area contributed by atoms with Crippen LogP contribution in [0, 0.1) is 0 Å². The van der Waals surface area contributed by atoms with Crippen LogP contribution in [0.2, 0.25) is 0 Å². The molecule has 0 radical (unpaired) electrons. The molecule has 0 bridgehead atoms. The zero-order valence-corrected chi connectivity index (χ0v) is 21.1. The van der Waals surface area contributed by atoms with Crippen molar-refractivity contribution < 1.29 is 24.2 Å². The van der Waals surface area contributed by atoms with Crippen LogP contribution in [0.15, 0.2) is 59.5 Å². The Balaban J connectivity index is 1.47. The molecule has 35 heavy (non-hydrogen) atoms. The van der Waals surface area contributed by atoms with Crippen LogP contribution in [-0.4, -0.2) is 58.9 Å². The summed E-state index contributed by atoms with van der Waals surface area (Å²) in [7, 11) is 1.33. The Kier molecular flexibility index (Phi) is 10.0. The van der Waals surface area contributed by atoms with Gasteiger partial charge in [-0.2, -0.15) is 0 Å². The van der Waals surface area contributed by atoms with Gasteiger partial charge in [0.25, 0.3) is 5.91 Å². The third-order valence-electron chi connectivity index (χ3n) is 5.47. The van der Waals surface area contributed by atoms with E-state index in [1.54, 1.807) is 40.1 Å².